The van der Waals surface area contributed by atoms with Crippen molar-refractivity contribution in [1.82, 2.24) is 0 Å². The first-order valence-corrected chi connectivity index (χ1v) is 13.2. The summed E-state index contributed by atoms with van der Waals surface area (Å²) in [6, 6.07) is 11.1. The maximum absolute atomic E-state index is 12.5. The van der Waals surface area contributed by atoms with Crippen LogP contribution in [0.5, 0.6) is 0 Å². The summed E-state index contributed by atoms with van der Waals surface area (Å²) in [7, 11) is -8.02. The maximum atomic E-state index is 12.5. The molecule has 0 spiro atoms. The molecule has 0 saturated carbocycles. The van der Waals surface area contributed by atoms with E-state index in [0.717, 1.165) is 0 Å². The largest absolute Gasteiger partial charge is 0.282 e. The minimum atomic E-state index is -4.01. The smallest absolute Gasteiger partial charge is 0.199 e. The molecular formula is C18H10Br2Cl2N2O4S2. The fourth-order valence-corrected chi connectivity index (χ4v) is 5.56. The van der Waals surface area contributed by atoms with Crippen LogP contribution in [0, 0.1) is 0 Å². The van der Waals surface area contributed by atoms with E-state index < -0.39 is 20.0 Å². The molecule has 0 unspecified atom stereocenters. The zero-order chi connectivity index (χ0) is 22.1. The van der Waals surface area contributed by atoms with Crippen LogP contribution in [0.25, 0.3) is 0 Å². The molecule has 0 heterocycles. The summed E-state index contributed by atoms with van der Waals surface area (Å²) in [6.45, 7) is 0. The van der Waals surface area contributed by atoms with Gasteiger partial charge in [0.15, 0.2) is 0 Å². The van der Waals surface area contributed by atoms with Crippen LogP contribution in [0.4, 0.5) is 0 Å². The summed E-state index contributed by atoms with van der Waals surface area (Å²) in [5, 5.41) is 0.788. The predicted octanol–water partition coefficient (Wildman–Crippen LogP) is 5.52. The molecular weight excluding hydrogens is 603 g/mol. The second-order valence-electron chi connectivity index (χ2n) is 5.80. The van der Waals surface area contributed by atoms with Crippen molar-refractivity contribution in [3.63, 3.8) is 0 Å². The number of allylic oxidation sites excluding steroid dienone is 4. The third-order valence-corrected chi connectivity index (χ3v) is 8.06. The number of nitrogens with zero attached hydrogens (tertiary/aromatic N) is 2. The Labute approximate surface area is 200 Å². The molecule has 0 aliphatic heterocycles. The fraction of sp³-hybridized carbons (Fsp3) is 0. The zero-order valence-electron chi connectivity index (χ0n) is 14.6. The van der Waals surface area contributed by atoms with Crippen molar-refractivity contribution in [3.8, 4) is 0 Å². The van der Waals surface area contributed by atoms with Crippen molar-refractivity contribution in [2.45, 2.75) is 9.79 Å². The standard InChI is InChI=1S/C18H10Br2Cl2N2O4S2/c19-15-10-18(24-30(27,28)14-7-3-12(22)4-8-14)16(20)9-17(15)23-29(25,26)13-5-1-11(21)2-6-13/h1-10H. The van der Waals surface area contributed by atoms with Gasteiger partial charge in [0, 0.05) is 19.0 Å². The van der Waals surface area contributed by atoms with Crippen molar-refractivity contribution in [3.05, 3.63) is 79.7 Å². The van der Waals surface area contributed by atoms with Crippen molar-refractivity contribution >= 4 is 86.5 Å². The molecule has 0 radical (unpaired) electrons. The van der Waals surface area contributed by atoms with E-state index in [1.807, 2.05) is 0 Å². The molecule has 0 N–H and O–H groups in total. The van der Waals surface area contributed by atoms with Crippen LogP contribution < -0.4 is 0 Å². The summed E-state index contributed by atoms with van der Waals surface area (Å²) in [4.78, 5) is -0.0667. The minimum Gasteiger partial charge on any atom is -0.199 e. The third-order valence-electron chi connectivity index (χ3n) is 3.68. The van der Waals surface area contributed by atoms with Crippen LogP contribution >= 0.6 is 55.1 Å². The molecule has 0 saturated heterocycles. The lowest BCUT2D eigenvalue weighted by Gasteiger charge is -2.11. The molecule has 156 valence electrons. The van der Waals surface area contributed by atoms with E-state index in [1.54, 1.807) is 0 Å². The van der Waals surface area contributed by atoms with Gasteiger partial charge in [0.1, 0.15) is 0 Å². The number of hydrogen-bond acceptors (Lipinski definition) is 4. The Kier molecular flexibility index (Phi) is 7.05. The number of hydrogen-bond donors (Lipinski definition) is 0. The van der Waals surface area contributed by atoms with E-state index >= 15 is 0 Å². The van der Waals surface area contributed by atoms with Crippen LogP contribution in [0.2, 0.25) is 10.0 Å². The molecule has 3 rings (SSSR count). The number of rotatable bonds is 4. The van der Waals surface area contributed by atoms with E-state index in [-0.39, 0.29) is 30.2 Å². The maximum Gasteiger partial charge on any atom is 0.282 e. The van der Waals surface area contributed by atoms with E-state index in [1.165, 1.54) is 60.7 Å². The van der Waals surface area contributed by atoms with E-state index in [4.69, 9.17) is 23.2 Å². The lowest BCUT2D eigenvalue weighted by molar-refractivity contribution is 0.596. The average molecular weight is 613 g/mol. The molecule has 0 fully saturated rings. The lowest BCUT2D eigenvalue weighted by Crippen LogP contribution is -2.12. The first kappa shape index (κ1) is 23.4. The van der Waals surface area contributed by atoms with E-state index in [0.29, 0.717) is 10.0 Å². The molecule has 0 bridgehead atoms. The molecule has 30 heavy (non-hydrogen) atoms. The van der Waals surface area contributed by atoms with Crippen LogP contribution in [-0.4, -0.2) is 28.3 Å². The molecule has 2 aromatic carbocycles. The van der Waals surface area contributed by atoms with Gasteiger partial charge in [0.25, 0.3) is 20.0 Å². The third kappa shape index (κ3) is 5.49. The Hall–Kier alpha value is -1.30. The second-order valence-corrected chi connectivity index (χ2v) is 11.6. The SMILES string of the molecule is O=S(=O)(N=C1C=C(Br)C(=NS(=O)(=O)c2ccc(Cl)cc2)C=C1Br)c1ccc(Cl)cc1. The summed E-state index contributed by atoms with van der Waals surface area (Å²) in [6.07, 6.45) is 2.71. The number of sulfonamides is 2. The fourth-order valence-electron chi connectivity index (χ4n) is 2.24. The van der Waals surface area contributed by atoms with E-state index in [2.05, 4.69) is 40.7 Å². The van der Waals surface area contributed by atoms with Gasteiger partial charge in [-0.1, -0.05) is 23.2 Å². The number of halogens is 4. The monoisotopic (exact) mass is 610 g/mol. The van der Waals surface area contributed by atoms with Crippen molar-refractivity contribution in [2.75, 3.05) is 0 Å². The summed E-state index contributed by atoms with van der Waals surface area (Å²) in [5.74, 6) is 0. The first-order valence-electron chi connectivity index (χ1n) is 7.94. The molecule has 1 aliphatic rings. The first-order chi connectivity index (χ1) is 14.0. The Morgan fingerprint density at radius 3 is 1.20 bits per heavy atom. The van der Waals surface area contributed by atoms with Gasteiger partial charge in [-0.3, -0.25) is 0 Å². The summed E-state index contributed by atoms with van der Waals surface area (Å²) >= 11 is 18.0. The Balaban J connectivity index is 1.97. The highest BCUT2D eigenvalue weighted by molar-refractivity contribution is 9.12. The van der Waals surface area contributed by atoms with Crippen LogP contribution in [-0.2, 0) is 20.0 Å². The highest BCUT2D eigenvalue weighted by Gasteiger charge is 2.22. The van der Waals surface area contributed by atoms with Crippen molar-refractivity contribution in [2.24, 2.45) is 8.80 Å². The highest BCUT2D eigenvalue weighted by atomic mass is 79.9. The summed E-state index contributed by atoms with van der Waals surface area (Å²) in [5.41, 5.74) is 0.138. The summed E-state index contributed by atoms with van der Waals surface area (Å²) < 4.78 is 58.2. The van der Waals surface area contributed by atoms with Crippen LogP contribution in [0.1, 0.15) is 0 Å². The number of benzene rings is 2. The average Bonchev–Trinajstić information content (AvgIpc) is 2.66. The normalized spacial score (nSPS) is 17.7. The van der Waals surface area contributed by atoms with Gasteiger partial charge in [-0.05, 0) is 92.5 Å². The molecule has 6 nitrogen and oxygen atoms in total. The Bertz CT molecular complexity index is 1230. The van der Waals surface area contributed by atoms with Gasteiger partial charge in [-0.15, -0.1) is 0 Å². The van der Waals surface area contributed by atoms with Crippen molar-refractivity contribution in [1.29, 1.82) is 0 Å². The molecule has 12 heteroatoms. The Morgan fingerprint density at radius 1 is 0.600 bits per heavy atom. The topological polar surface area (TPSA) is 93.0 Å². The Morgan fingerprint density at radius 2 is 0.900 bits per heavy atom. The molecule has 1 aliphatic carbocycles. The van der Waals surface area contributed by atoms with E-state index in [9.17, 15) is 16.8 Å². The zero-order valence-corrected chi connectivity index (χ0v) is 20.9. The highest BCUT2D eigenvalue weighted by Crippen LogP contribution is 2.26. The minimum absolute atomic E-state index is 0.0333. The van der Waals surface area contributed by atoms with Gasteiger partial charge >= 0.3 is 0 Å². The van der Waals surface area contributed by atoms with Gasteiger partial charge in [-0.2, -0.15) is 25.6 Å². The van der Waals surface area contributed by atoms with Crippen LogP contribution in [0.3, 0.4) is 0 Å². The van der Waals surface area contributed by atoms with Crippen molar-refractivity contribution < 1.29 is 16.8 Å². The lowest BCUT2D eigenvalue weighted by atomic mass is 10.1. The molecule has 0 atom stereocenters. The van der Waals surface area contributed by atoms with Gasteiger partial charge in [0.05, 0.1) is 21.2 Å². The second kappa shape index (κ2) is 9.05. The van der Waals surface area contributed by atoms with Gasteiger partial charge in [-0.25, -0.2) is 0 Å². The predicted molar refractivity (Wildman–Crippen MR) is 126 cm³/mol. The molecule has 0 amide bonds. The van der Waals surface area contributed by atoms with Gasteiger partial charge in [0.2, 0.25) is 0 Å². The quantitative estimate of drug-likeness (QED) is 0.425. The molecule has 0 aromatic heterocycles. The van der Waals surface area contributed by atoms with Gasteiger partial charge < -0.3 is 0 Å². The van der Waals surface area contributed by atoms with Crippen LogP contribution in [0.15, 0.2) is 88.2 Å². The molecule has 2 aromatic rings.